The summed E-state index contributed by atoms with van der Waals surface area (Å²) in [6.07, 6.45) is 2.42. The minimum atomic E-state index is 0.618. The topological polar surface area (TPSA) is 21.7 Å². The van der Waals surface area contributed by atoms with Crippen molar-refractivity contribution in [3.63, 3.8) is 0 Å². The van der Waals surface area contributed by atoms with Crippen molar-refractivity contribution in [2.45, 2.75) is 18.8 Å². The van der Waals surface area contributed by atoms with Gasteiger partial charge in [0.1, 0.15) is 11.5 Å². The molecular weight excluding hydrogens is 214 g/mol. The van der Waals surface area contributed by atoms with Gasteiger partial charge in [-0.25, -0.2) is 0 Å². The smallest absolute Gasteiger partial charge is 0.126 e. The summed E-state index contributed by atoms with van der Waals surface area (Å²) >= 11 is 0. The summed E-state index contributed by atoms with van der Waals surface area (Å²) < 4.78 is 10.7. The first kappa shape index (κ1) is 12.2. The molecule has 0 aliphatic carbocycles. The first-order valence-electron chi connectivity index (χ1n) is 6.15. The first-order chi connectivity index (χ1) is 8.24. The molecule has 1 aliphatic rings. The summed E-state index contributed by atoms with van der Waals surface area (Å²) in [5.41, 5.74) is 1.32. The summed E-state index contributed by atoms with van der Waals surface area (Å²) in [6, 6.07) is 6.15. The molecule has 0 radical (unpaired) electrons. The van der Waals surface area contributed by atoms with Crippen molar-refractivity contribution < 1.29 is 9.47 Å². The number of methoxy groups -OCH3 is 2. The second-order valence-corrected chi connectivity index (χ2v) is 4.69. The van der Waals surface area contributed by atoms with Crippen LogP contribution in [0.3, 0.4) is 0 Å². The van der Waals surface area contributed by atoms with Gasteiger partial charge < -0.3 is 14.4 Å². The Morgan fingerprint density at radius 3 is 2.41 bits per heavy atom. The van der Waals surface area contributed by atoms with Gasteiger partial charge in [-0.3, -0.25) is 0 Å². The molecule has 1 aliphatic heterocycles. The standard InChI is InChI=1S/C14H21NO2/c1-15-8-6-11(7-9-15)13-5-4-12(16-2)10-14(13)17-3/h4-5,10-11H,6-9H2,1-3H3. The first-order valence-corrected chi connectivity index (χ1v) is 6.15. The summed E-state index contributed by atoms with van der Waals surface area (Å²) in [4.78, 5) is 2.38. The molecule has 1 heterocycles. The highest BCUT2D eigenvalue weighted by Gasteiger charge is 2.21. The Bertz CT molecular complexity index is 370. The van der Waals surface area contributed by atoms with Gasteiger partial charge in [-0.1, -0.05) is 6.07 Å². The Hall–Kier alpha value is -1.22. The number of benzene rings is 1. The largest absolute Gasteiger partial charge is 0.497 e. The van der Waals surface area contributed by atoms with Gasteiger partial charge in [0.05, 0.1) is 14.2 Å². The van der Waals surface area contributed by atoms with Gasteiger partial charge in [0.15, 0.2) is 0 Å². The molecule has 0 amide bonds. The Kier molecular flexibility index (Phi) is 3.89. The number of hydrogen-bond acceptors (Lipinski definition) is 3. The fourth-order valence-electron chi connectivity index (χ4n) is 2.48. The monoisotopic (exact) mass is 235 g/mol. The van der Waals surface area contributed by atoms with Gasteiger partial charge in [-0.15, -0.1) is 0 Å². The summed E-state index contributed by atoms with van der Waals surface area (Å²) in [6.45, 7) is 2.33. The fraction of sp³-hybridized carbons (Fsp3) is 0.571. The van der Waals surface area contributed by atoms with E-state index in [9.17, 15) is 0 Å². The zero-order valence-corrected chi connectivity index (χ0v) is 10.9. The van der Waals surface area contributed by atoms with Crippen molar-refractivity contribution in [3.8, 4) is 11.5 Å². The van der Waals surface area contributed by atoms with Crippen molar-refractivity contribution in [1.29, 1.82) is 0 Å². The van der Waals surface area contributed by atoms with Gasteiger partial charge in [0, 0.05) is 6.07 Å². The highest BCUT2D eigenvalue weighted by atomic mass is 16.5. The molecule has 1 aromatic rings. The molecule has 94 valence electrons. The van der Waals surface area contributed by atoms with E-state index in [2.05, 4.69) is 18.0 Å². The summed E-state index contributed by atoms with van der Waals surface area (Å²) in [5.74, 6) is 2.43. The third-order valence-electron chi connectivity index (χ3n) is 3.60. The SMILES string of the molecule is COc1ccc(C2CCN(C)CC2)c(OC)c1. The second-order valence-electron chi connectivity index (χ2n) is 4.69. The quantitative estimate of drug-likeness (QED) is 0.803. The number of piperidine rings is 1. The van der Waals surface area contributed by atoms with Crippen molar-refractivity contribution >= 4 is 0 Å². The van der Waals surface area contributed by atoms with E-state index in [0.717, 1.165) is 11.5 Å². The van der Waals surface area contributed by atoms with Crippen LogP contribution in [0, 0.1) is 0 Å². The highest BCUT2D eigenvalue weighted by Crippen LogP contribution is 2.35. The Balaban J connectivity index is 2.19. The van der Waals surface area contributed by atoms with Crippen LogP contribution < -0.4 is 9.47 Å². The fourth-order valence-corrected chi connectivity index (χ4v) is 2.48. The van der Waals surface area contributed by atoms with Crippen molar-refractivity contribution in [3.05, 3.63) is 23.8 Å². The molecule has 0 N–H and O–H groups in total. The van der Waals surface area contributed by atoms with E-state index in [1.54, 1.807) is 14.2 Å². The molecule has 0 spiro atoms. The molecule has 1 saturated heterocycles. The van der Waals surface area contributed by atoms with Gasteiger partial charge in [-0.05, 0) is 50.5 Å². The van der Waals surface area contributed by atoms with Crippen LogP contribution in [0.5, 0.6) is 11.5 Å². The van der Waals surface area contributed by atoms with E-state index < -0.39 is 0 Å². The average Bonchev–Trinajstić information content (AvgIpc) is 2.39. The van der Waals surface area contributed by atoms with Gasteiger partial charge in [0.25, 0.3) is 0 Å². The van der Waals surface area contributed by atoms with Crippen LogP contribution in [0.2, 0.25) is 0 Å². The summed E-state index contributed by atoms with van der Waals surface area (Å²) in [5, 5.41) is 0. The van der Waals surface area contributed by atoms with Gasteiger partial charge in [-0.2, -0.15) is 0 Å². The molecule has 0 saturated carbocycles. The maximum Gasteiger partial charge on any atom is 0.126 e. The predicted molar refractivity (Wildman–Crippen MR) is 69.0 cm³/mol. The van der Waals surface area contributed by atoms with Crippen LogP contribution >= 0.6 is 0 Å². The number of likely N-dealkylation sites (tertiary alicyclic amines) is 1. The predicted octanol–water partition coefficient (Wildman–Crippen LogP) is 2.51. The minimum Gasteiger partial charge on any atom is -0.497 e. The average molecular weight is 235 g/mol. The lowest BCUT2D eigenvalue weighted by molar-refractivity contribution is 0.252. The van der Waals surface area contributed by atoms with Crippen LogP contribution in [-0.4, -0.2) is 39.3 Å². The minimum absolute atomic E-state index is 0.618. The van der Waals surface area contributed by atoms with Gasteiger partial charge in [0.2, 0.25) is 0 Å². The maximum absolute atomic E-state index is 5.47. The molecule has 1 aromatic carbocycles. The molecule has 3 nitrogen and oxygen atoms in total. The third kappa shape index (κ3) is 2.72. The van der Waals surface area contributed by atoms with Crippen LogP contribution in [0.15, 0.2) is 18.2 Å². The third-order valence-corrected chi connectivity index (χ3v) is 3.60. The molecule has 0 unspecified atom stereocenters. The zero-order chi connectivity index (χ0) is 12.3. The Labute approximate surface area is 103 Å². The molecule has 0 aromatic heterocycles. The van der Waals surface area contributed by atoms with E-state index in [1.807, 2.05) is 12.1 Å². The lowest BCUT2D eigenvalue weighted by atomic mass is 9.89. The van der Waals surface area contributed by atoms with Crippen molar-refractivity contribution in [2.75, 3.05) is 34.4 Å². The normalized spacial score (nSPS) is 18.1. The molecular formula is C14H21NO2. The number of nitrogens with zero attached hydrogens (tertiary/aromatic N) is 1. The zero-order valence-electron chi connectivity index (χ0n) is 10.9. The van der Waals surface area contributed by atoms with E-state index in [-0.39, 0.29) is 0 Å². The van der Waals surface area contributed by atoms with E-state index in [4.69, 9.17) is 9.47 Å². The molecule has 1 fully saturated rings. The van der Waals surface area contributed by atoms with Crippen LogP contribution in [-0.2, 0) is 0 Å². The molecule has 0 atom stereocenters. The number of ether oxygens (including phenoxy) is 2. The molecule has 0 bridgehead atoms. The van der Waals surface area contributed by atoms with Gasteiger partial charge >= 0.3 is 0 Å². The van der Waals surface area contributed by atoms with E-state index in [0.29, 0.717) is 5.92 Å². The molecule has 2 rings (SSSR count). The second kappa shape index (κ2) is 5.41. The van der Waals surface area contributed by atoms with E-state index in [1.165, 1.54) is 31.5 Å². The number of rotatable bonds is 3. The van der Waals surface area contributed by atoms with Crippen LogP contribution in [0.4, 0.5) is 0 Å². The molecule has 3 heteroatoms. The van der Waals surface area contributed by atoms with E-state index >= 15 is 0 Å². The lowest BCUT2D eigenvalue weighted by Crippen LogP contribution is -2.29. The maximum atomic E-state index is 5.47. The highest BCUT2D eigenvalue weighted by molar-refractivity contribution is 5.42. The van der Waals surface area contributed by atoms with Crippen LogP contribution in [0.1, 0.15) is 24.3 Å². The lowest BCUT2D eigenvalue weighted by Gasteiger charge is -2.30. The molecule has 17 heavy (non-hydrogen) atoms. The Morgan fingerprint density at radius 2 is 1.82 bits per heavy atom. The Morgan fingerprint density at radius 1 is 1.12 bits per heavy atom. The summed E-state index contributed by atoms with van der Waals surface area (Å²) in [7, 11) is 5.60. The van der Waals surface area contributed by atoms with Crippen LogP contribution in [0.25, 0.3) is 0 Å². The van der Waals surface area contributed by atoms with Crippen molar-refractivity contribution in [1.82, 2.24) is 4.90 Å². The number of hydrogen-bond donors (Lipinski definition) is 0. The van der Waals surface area contributed by atoms with Crippen molar-refractivity contribution in [2.24, 2.45) is 0 Å².